The number of rotatable bonds is 4. The Morgan fingerprint density at radius 3 is 2.76 bits per heavy atom. The zero-order chi connectivity index (χ0) is 21.3. The molecule has 0 aromatic heterocycles. The van der Waals surface area contributed by atoms with Gasteiger partial charge in [0.25, 0.3) is 0 Å². The molecule has 0 saturated heterocycles. The maximum Gasteiger partial charge on any atom is 0.338 e. The summed E-state index contributed by atoms with van der Waals surface area (Å²) in [7, 11) is 1.35. The summed E-state index contributed by atoms with van der Waals surface area (Å²) in [4.78, 5) is 18.6. The molecule has 1 unspecified atom stereocenters. The third-order valence-corrected chi connectivity index (χ3v) is 5.87. The van der Waals surface area contributed by atoms with E-state index >= 15 is 0 Å². The van der Waals surface area contributed by atoms with Crippen LogP contribution in [0.4, 0.5) is 15.8 Å². The van der Waals surface area contributed by atoms with Gasteiger partial charge in [0, 0.05) is 29.5 Å². The Labute approximate surface area is 172 Å². The molecule has 0 bridgehead atoms. The summed E-state index contributed by atoms with van der Waals surface area (Å²) in [5.74, 6) is -0.367. The highest BCUT2D eigenvalue weighted by Gasteiger charge is 2.36. The van der Waals surface area contributed by atoms with E-state index in [1.165, 1.54) is 7.11 Å². The topological polar surface area (TPSA) is 41.9 Å². The Balaban J connectivity index is 2.00. The first kappa shape index (κ1) is 21.0. The van der Waals surface area contributed by atoms with Crippen LogP contribution in [0.5, 0.6) is 0 Å². The van der Waals surface area contributed by atoms with Crippen molar-refractivity contribution in [2.75, 3.05) is 18.6 Å². The van der Waals surface area contributed by atoms with Crippen LogP contribution in [0, 0.1) is 12.7 Å². The van der Waals surface area contributed by atoms with Gasteiger partial charge in [0.05, 0.1) is 18.4 Å². The largest absolute Gasteiger partial charge is 0.465 e. The van der Waals surface area contributed by atoms with Crippen LogP contribution in [0.3, 0.4) is 0 Å². The Hall–Kier alpha value is -2.69. The van der Waals surface area contributed by atoms with Gasteiger partial charge in [0.1, 0.15) is 5.82 Å². The summed E-state index contributed by atoms with van der Waals surface area (Å²) < 4.78 is 19.7. The van der Waals surface area contributed by atoms with Crippen molar-refractivity contribution in [3.05, 3.63) is 58.4 Å². The Morgan fingerprint density at radius 2 is 2.10 bits per heavy atom. The Morgan fingerprint density at radius 1 is 1.38 bits per heavy atom. The third-order valence-electron chi connectivity index (χ3n) is 5.87. The number of esters is 1. The lowest BCUT2D eigenvalue weighted by atomic mass is 9.79. The summed E-state index contributed by atoms with van der Waals surface area (Å²) in [5, 5.41) is 0. The number of aliphatic imine (C=N–C) groups is 1. The van der Waals surface area contributed by atoms with Gasteiger partial charge in [-0.1, -0.05) is 13.0 Å². The van der Waals surface area contributed by atoms with Crippen molar-refractivity contribution in [2.45, 2.75) is 52.5 Å². The molecule has 0 amide bonds. The van der Waals surface area contributed by atoms with Crippen LogP contribution in [-0.2, 0) is 4.74 Å². The fraction of sp³-hybridized carbons (Fsp3) is 0.417. The molecule has 4 nitrogen and oxygen atoms in total. The monoisotopic (exact) mass is 396 g/mol. The van der Waals surface area contributed by atoms with E-state index in [4.69, 9.17) is 4.74 Å². The van der Waals surface area contributed by atoms with E-state index in [2.05, 4.69) is 37.6 Å². The molecule has 0 spiro atoms. The van der Waals surface area contributed by atoms with Crippen molar-refractivity contribution < 1.29 is 13.9 Å². The van der Waals surface area contributed by atoms with Gasteiger partial charge < -0.3 is 9.64 Å². The van der Waals surface area contributed by atoms with E-state index in [9.17, 15) is 9.18 Å². The number of hydrogen-bond acceptors (Lipinski definition) is 4. The van der Waals surface area contributed by atoms with Crippen molar-refractivity contribution in [1.82, 2.24) is 0 Å². The molecule has 0 saturated carbocycles. The molecule has 0 aliphatic carbocycles. The van der Waals surface area contributed by atoms with Crippen molar-refractivity contribution in [3.63, 3.8) is 0 Å². The Kier molecular flexibility index (Phi) is 5.78. The minimum absolute atomic E-state index is 0.00531. The van der Waals surface area contributed by atoms with Crippen molar-refractivity contribution in [2.24, 2.45) is 4.99 Å². The lowest BCUT2D eigenvalue weighted by Crippen LogP contribution is -2.48. The highest BCUT2D eigenvalue weighted by molar-refractivity contribution is 5.93. The van der Waals surface area contributed by atoms with Gasteiger partial charge in [0.15, 0.2) is 0 Å². The van der Waals surface area contributed by atoms with Crippen LogP contribution in [-0.4, -0.2) is 31.4 Å². The minimum Gasteiger partial charge on any atom is -0.465 e. The van der Waals surface area contributed by atoms with Gasteiger partial charge in [-0.15, -0.1) is 0 Å². The first-order valence-electron chi connectivity index (χ1n) is 10.0. The fourth-order valence-electron chi connectivity index (χ4n) is 4.45. The molecule has 5 heteroatoms. The fourth-order valence-corrected chi connectivity index (χ4v) is 4.45. The lowest BCUT2D eigenvalue weighted by molar-refractivity contribution is 0.0600. The van der Waals surface area contributed by atoms with Gasteiger partial charge >= 0.3 is 5.97 Å². The average Bonchev–Trinajstić information content (AvgIpc) is 2.66. The number of ether oxygens (including phenoxy) is 1. The second-order valence-electron chi connectivity index (χ2n) is 8.29. The molecule has 2 aromatic carbocycles. The van der Waals surface area contributed by atoms with Crippen LogP contribution in [0.2, 0.25) is 0 Å². The molecular formula is C24H29FN2O2. The first-order chi connectivity index (χ1) is 13.7. The zero-order valence-corrected chi connectivity index (χ0v) is 18.0. The molecule has 154 valence electrons. The molecular weight excluding hydrogens is 367 g/mol. The molecule has 1 aliphatic rings. The van der Waals surface area contributed by atoms with Crippen LogP contribution in [0.1, 0.15) is 67.1 Å². The maximum absolute atomic E-state index is 14.9. The number of nitrogens with zero attached hydrogens (tertiary/aromatic N) is 2. The van der Waals surface area contributed by atoms with Crippen LogP contribution >= 0.6 is 0 Å². The van der Waals surface area contributed by atoms with Crippen molar-refractivity contribution in [1.29, 1.82) is 0 Å². The number of carbonyl (C=O) groups excluding carboxylic acids is 1. The molecule has 0 N–H and O–H groups in total. The van der Waals surface area contributed by atoms with Crippen molar-refractivity contribution >= 4 is 23.6 Å². The number of methoxy groups -OCH3 is 1. The molecule has 0 radical (unpaired) electrons. The van der Waals surface area contributed by atoms with E-state index in [0.717, 1.165) is 24.2 Å². The van der Waals surface area contributed by atoms with Gasteiger partial charge in [-0.3, -0.25) is 4.99 Å². The van der Waals surface area contributed by atoms with Crippen molar-refractivity contribution in [3.8, 4) is 0 Å². The van der Waals surface area contributed by atoms with E-state index < -0.39 is 5.97 Å². The SMILES string of the molecule is CCN1c2cc(F)c(C=Nc3cccc(C(=O)OC)c3C)cc2C(C)CC1(C)C. The number of carbonyl (C=O) groups is 1. The molecule has 1 atom stereocenters. The third kappa shape index (κ3) is 3.91. The van der Waals surface area contributed by atoms with Gasteiger partial charge in [0.2, 0.25) is 0 Å². The quantitative estimate of drug-likeness (QED) is 0.486. The molecule has 1 aliphatic heterocycles. The molecule has 1 heterocycles. The summed E-state index contributed by atoms with van der Waals surface area (Å²) >= 11 is 0. The zero-order valence-electron chi connectivity index (χ0n) is 18.0. The second kappa shape index (κ2) is 7.97. The normalized spacial score (nSPS) is 18.0. The number of anilines is 1. The number of benzene rings is 2. The minimum atomic E-state index is -0.407. The number of hydrogen-bond donors (Lipinski definition) is 0. The second-order valence-corrected chi connectivity index (χ2v) is 8.29. The van der Waals surface area contributed by atoms with Gasteiger partial charge in [-0.2, -0.15) is 0 Å². The Bertz CT molecular complexity index is 966. The standard InChI is InChI=1S/C24H29FN2O2/c1-7-27-22-12-20(25)17(11-19(22)15(2)13-24(27,4)5)14-26-21-10-8-9-18(16(21)3)23(28)29-6/h8-12,14-15H,7,13H2,1-6H3. The predicted molar refractivity (Wildman–Crippen MR) is 116 cm³/mol. The van der Waals surface area contributed by atoms with E-state index in [0.29, 0.717) is 28.3 Å². The summed E-state index contributed by atoms with van der Waals surface area (Å²) in [6.07, 6.45) is 2.55. The number of fused-ring (bicyclic) bond motifs is 1. The number of halogens is 1. The van der Waals surface area contributed by atoms with Crippen LogP contribution in [0.15, 0.2) is 35.3 Å². The highest BCUT2D eigenvalue weighted by atomic mass is 19.1. The van der Waals surface area contributed by atoms with Gasteiger partial charge in [-0.05, 0) is 75.4 Å². The maximum atomic E-state index is 14.9. The predicted octanol–water partition coefficient (Wildman–Crippen LogP) is 5.78. The summed E-state index contributed by atoms with van der Waals surface area (Å²) in [6.45, 7) is 11.4. The molecule has 0 fully saturated rings. The smallest absolute Gasteiger partial charge is 0.338 e. The van der Waals surface area contributed by atoms with E-state index in [1.54, 1.807) is 30.5 Å². The highest BCUT2D eigenvalue weighted by Crippen LogP contribution is 2.43. The average molecular weight is 397 g/mol. The molecule has 29 heavy (non-hydrogen) atoms. The summed E-state index contributed by atoms with van der Waals surface area (Å²) in [6, 6.07) is 8.80. The van der Waals surface area contributed by atoms with E-state index in [-0.39, 0.29) is 11.4 Å². The molecule has 2 aromatic rings. The van der Waals surface area contributed by atoms with Gasteiger partial charge in [-0.25, -0.2) is 9.18 Å². The first-order valence-corrected chi connectivity index (χ1v) is 10.0. The van der Waals surface area contributed by atoms with Crippen LogP contribution < -0.4 is 4.90 Å². The van der Waals surface area contributed by atoms with E-state index in [1.807, 2.05) is 13.0 Å². The van der Waals surface area contributed by atoms with Crippen LogP contribution in [0.25, 0.3) is 0 Å². The molecule has 3 rings (SSSR count). The summed E-state index contributed by atoms with van der Waals surface area (Å²) in [5.41, 5.74) is 4.35. The lowest BCUT2D eigenvalue weighted by Gasteiger charge is -2.47.